The topological polar surface area (TPSA) is 89.3 Å². The number of hydrogen-bond donors (Lipinski definition) is 1. The second-order valence-electron chi connectivity index (χ2n) is 8.24. The van der Waals surface area contributed by atoms with Crippen molar-refractivity contribution in [2.75, 3.05) is 29.6 Å². The minimum Gasteiger partial charge on any atom is -0.368 e. The molecule has 0 radical (unpaired) electrons. The normalized spacial score (nSPS) is 25.0. The number of nitriles is 1. The van der Waals surface area contributed by atoms with Crippen LogP contribution in [0.4, 0.5) is 5.69 Å². The molecule has 154 valence electrons. The molecule has 2 saturated heterocycles. The van der Waals surface area contributed by atoms with Gasteiger partial charge >= 0.3 is 0 Å². The molecule has 8 heteroatoms. The van der Waals surface area contributed by atoms with Gasteiger partial charge in [-0.25, -0.2) is 0 Å². The van der Waals surface area contributed by atoms with Crippen LogP contribution in [-0.4, -0.2) is 58.5 Å². The molecule has 1 saturated carbocycles. The summed E-state index contributed by atoms with van der Waals surface area (Å²) >= 11 is 1.55. The maximum atomic E-state index is 12.9. The Labute approximate surface area is 179 Å². The molecule has 3 heterocycles. The lowest BCUT2D eigenvalue weighted by Gasteiger charge is -2.29. The molecule has 1 aliphatic carbocycles. The quantitative estimate of drug-likeness (QED) is 0.815. The summed E-state index contributed by atoms with van der Waals surface area (Å²) in [5, 5.41) is 12.7. The summed E-state index contributed by atoms with van der Waals surface area (Å²) in [5.74, 6) is 1.37. The Kier molecular flexibility index (Phi) is 4.99. The Morgan fingerprint density at radius 3 is 2.97 bits per heavy atom. The molecule has 0 spiro atoms. The third-order valence-corrected chi connectivity index (χ3v) is 7.47. The molecule has 1 N–H and O–H groups in total. The molecule has 30 heavy (non-hydrogen) atoms. The van der Waals surface area contributed by atoms with E-state index in [-0.39, 0.29) is 18.4 Å². The van der Waals surface area contributed by atoms with E-state index in [1.54, 1.807) is 24.0 Å². The molecule has 2 aromatic rings. The summed E-state index contributed by atoms with van der Waals surface area (Å²) in [6, 6.07) is 10.1. The van der Waals surface area contributed by atoms with Gasteiger partial charge in [0.15, 0.2) is 0 Å². The molecular formula is C22H23N5O2S. The molecule has 3 atom stereocenters. The lowest BCUT2D eigenvalue weighted by molar-refractivity contribution is -0.129. The van der Waals surface area contributed by atoms with E-state index in [2.05, 4.69) is 33.4 Å². The first-order valence-electron chi connectivity index (χ1n) is 10.3. The van der Waals surface area contributed by atoms with E-state index >= 15 is 0 Å². The van der Waals surface area contributed by atoms with Gasteiger partial charge in [-0.2, -0.15) is 5.26 Å². The average Bonchev–Trinajstić information content (AvgIpc) is 3.53. The molecule has 5 rings (SSSR count). The third kappa shape index (κ3) is 3.37. The first-order valence-corrected chi connectivity index (χ1v) is 11.5. The average molecular weight is 422 g/mol. The number of thioether (sulfide) groups is 1. The molecule has 1 aromatic carbocycles. The van der Waals surface area contributed by atoms with Crippen LogP contribution in [0.15, 0.2) is 30.5 Å². The smallest absolute Gasteiger partial charge is 0.252 e. The molecule has 3 aliphatic rings. The Balaban J connectivity index is 1.34. The Hall–Kier alpha value is -2.79. The van der Waals surface area contributed by atoms with Crippen molar-refractivity contribution in [2.45, 2.75) is 31.3 Å². The van der Waals surface area contributed by atoms with Gasteiger partial charge in [0.25, 0.3) is 5.91 Å². The van der Waals surface area contributed by atoms with Crippen LogP contribution in [0.3, 0.4) is 0 Å². The van der Waals surface area contributed by atoms with E-state index in [4.69, 9.17) is 5.26 Å². The van der Waals surface area contributed by atoms with Crippen molar-refractivity contribution in [3.8, 4) is 6.07 Å². The van der Waals surface area contributed by atoms with E-state index in [9.17, 15) is 9.59 Å². The molecule has 2 amide bonds. The van der Waals surface area contributed by atoms with Crippen molar-refractivity contribution in [1.82, 2.24) is 15.2 Å². The van der Waals surface area contributed by atoms with E-state index in [1.807, 2.05) is 6.07 Å². The molecule has 1 aromatic heterocycles. The van der Waals surface area contributed by atoms with Crippen LogP contribution in [-0.2, 0) is 4.79 Å². The number of nitrogens with zero attached hydrogens (tertiary/aromatic N) is 4. The number of anilines is 1. The monoisotopic (exact) mass is 421 g/mol. The van der Waals surface area contributed by atoms with Gasteiger partial charge in [-0.15, -0.1) is 11.8 Å². The summed E-state index contributed by atoms with van der Waals surface area (Å²) in [7, 11) is 0. The fraction of sp³-hybridized carbons (Fsp3) is 0.455. The predicted octanol–water partition coefficient (Wildman–Crippen LogP) is 2.38. The van der Waals surface area contributed by atoms with E-state index in [0.717, 1.165) is 29.1 Å². The maximum absolute atomic E-state index is 12.9. The highest BCUT2D eigenvalue weighted by atomic mass is 32.2. The summed E-state index contributed by atoms with van der Waals surface area (Å²) < 4.78 is 0. The van der Waals surface area contributed by atoms with Crippen molar-refractivity contribution >= 4 is 40.2 Å². The Morgan fingerprint density at radius 2 is 2.20 bits per heavy atom. The largest absolute Gasteiger partial charge is 0.368 e. The number of amides is 2. The fourth-order valence-electron chi connectivity index (χ4n) is 4.90. The van der Waals surface area contributed by atoms with Crippen LogP contribution in [0, 0.1) is 17.2 Å². The number of carbonyl (C=O) groups is 2. The van der Waals surface area contributed by atoms with Gasteiger partial charge < -0.3 is 15.1 Å². The molecule has 2 aliphatic heterocycles. The van der Waals surface area contributed by atoms with Crippen molar-refractivity contribution in [3.05, 3.63) is 36.0 Å². The number of carbonyl (C=O) groups excluding carboxylic acids is 2. The predicted molar refractivity (Wildman–Crippen MR) is 116 cm³/mol. The molecule has 7 nitrogen and oxygen atoms in total. The van der Waals surface area contributed by atoms with Crippen LogP contribution in [0.5, 0.6) is 0 Å². The van der Waals surface area contributed by atoms with Crippen molar-refractivity contribution < 1.29 is 9.59 Å². The number of benzene rings is 1. The van der Waals surface area contributed by atoms with E-state index in [1.165, 1.54) is 24.2 Å². The summed E-state index contributed by atoms with van der Waals surface area (Å²) in [6.07, 6.45) is 5.45. The van der Waals surface area contributed by atoms with Crippen LogP contribution in [0.25, 0.3) is 10.9 Å². The first-order chi connectivity index (χ1) is 14.6. The standard InChI is InChI=1S/C22H23N5O2S/c23-9-17-12-30-13-27(17)21(28)10-25-22(29)18-5-6-24-20-4-3-16(8-19(18)20)26-11-14-1-2-15(26)7-14/h3-6,8,14-15,17H,1-2,7,10-13H2,(H,25,29). The number of aromatic nitrogens is 1. The van der Waals surface area contributed by atoms with Crippen molar-refractivity contribution in [2.24, 2.45) is 5.92 Å². The second kappa shape index (κ2) is 7.80. The highest BCUT2D eigenvalue weighted by molar-refractivity contribution is 7.99. The highest BCUT2D eigenvalue weighted by Gasteiger charge is 2.37. The number of piperidine rings is 1. The second-order valence-corrected chi connectivity index (χ2v) is 9.24. The Morgan fingerprint density at radius 1 is 1.30 bits per heavy atom. The third-order valence-electron chi connectivity index (χ3n) is 6.46. The minimum absolute atomic E-state index is 0.114. The van der Waals surface area contributed by atoms with Crippen molar-refractivity contribution in [1.29, 1.82) is 5.26 Å². The number of nitrogens with one attached hydrogen (secondary N) is 1. The summed E-state index contributed by atoms with van der Waals surface area (Å²) in [5.41, 5.74) is 2.42. The SMILES string of the molecule is N#CC1CSCN1C(=O)CNC(=O)c1ccnc2ccc(N3CC4CCC3C4)cc12. The maximum Gasteiger partial charge on any atom is 0.252 e. The zero-order valence-electron chi connectivity index (χ0n) is 16.6. The van der Waals surface area contributed by atoms with Crippen molar-refractivity contribution in [3.63, 3.8) is 0 Å². The summed E-state index contributed by atoms with van der Waals surface area (Å²) in [4.78, 5) is 33.7. The van der Waals surface area contributed by atoms with Gasteiger partial charge in [-0.3, -0.25) is 14.6 Å². The highest BCUT2D eigenvalue weighted by Crippen LogP contribution is 2.40. The van der Waals surface area contributed by atoms with Crippen LogP contribution >= 0.6 is 11.8 Å². The number of rotatable bonds is 4. The van der Waals surface area contributed by atoms with Gasteiger partial charge in [0.1, 0.15) is 6.04 Å². The number of hydrogen-bond acceptors (Lipinski definition) is 6. The van der Waals surface area contributed by atoms with Gasteiger partial charge in [0.05, 0.1) is 29.6 Å². The first kappa shape index (κ1) is 19.2. The van der Waals surface area contributed by atoms with Gasteiger partial charge in [0.2, 0.25) is 5.91 Å². The minimum atomic E-state index is -0.417. The van der Waals surface area contributed by atoms with E-state index < -0.39 is 6.04 Å². The molecule has 3 fully saturated rings. The lowest BCUT2D eigenvalue weighted by Crippen LogP contribution is -2.42. The lowest BCUT2D eigenvalue weighted by atomic mass is 10.1. The van der Waals surface area contributed by atoms with Gasteiger partial charge in [-0.1, -0.05) is 0 Å². The van der Waals surface area contributed by atoms with E-state index in [0.29, 0.717) is 23.2 Å². The fourth-order valence-corrected chi connectivity index (χ4v) is 6.00. The van der Waals surface area contributed by atoms with Crippen LogP contribution < -0.4 is 10.2 Å². The zero-order chi connectivity index (χ0) is 20.7. The van der Waals surface area contributed by atoms with Gasteiger partial charge in [0, 0.05) is 35.6 Å². The molecule has 3 unspecified atom stereocenters. The van der Waals surface area contributed by atoms with Gasteiger partial charge in [-0.05, 0) is 49.4 Å². The Bertz CT molecular complexity index is 1050. The molecule has 2 bridgehead atoms. The molecular weight excluding hydrogens is 398 g/mol. The zero-order valence-corrected chi connectivity index (χ0v) is 17.4. The number of fused-ring (bicyclic) bond motifs is 3. The number of pyridine rings is 1. The van der Waals surface area contributed by atoms with Crippen LogP contribution in [0.1, 0.15) is 29.6 Å². The summed E-state index contributed by atoms with van der Waals surface area (Å²) in [6.45, 7) is 0.970. The van der Waals surface area contributed by atoms with Crippen LogP contribution in [0.2, 0.25) is 0 Å².